The van der Waals surface area contributed by atoms with Gasteiger partial charge in [-0.05, 0) is 23.8 Å². The summed E-state index contributed by atoms with van der Waals surface area (Å²) in [5.74, 6) is -0.768. The molecule has 94 valence electrons. The molecule has 2 aromatic rings. The Bertz CT molecular complexity index is 582. The Labute approximate surface area is 108 Å². The topological polar surface area (TPSA) is 70.9 Å². The Morgan fingerprint density at radius 1 is 1.44 bits per heavy atom. The molecule has 0 radical (unpaired) electrons. The molecule has 2 rings (SSSR count). The first-order valence-corrected chi connectivity index (χ1v) is 5.60. The van der Waals surface area contributed by atoms with E-state index in [0.717, 1.165) is 0 Å². The molecule has 0 unspecified atom stereocenters. The van der Waals surface area contributed by atoms with Gasteiger partial charge in [0.15, 0.2) is 0 Å². The van der Waals surface area contributed by atoms with Crippen molar-refractivity contribution in [3.8, 4) is 0 Å². The molecule has 0 bridgehead atoms. The van der Waals surface area contributed by atoms with E-state index < -0.39 is 5.82 Å². The van der Waals surface area contributed by atoms with Crippen LogP contribution in [0.4, 0.5) is 10.1 Å². The summed E-state index contributed by atoms with van der Waals surface area (Å²) in [7, 11) is 0. The number of anilines is 1. The van der Waals surface area contributed by atoms with Crippen LogP contribution in [0, 0.1) is 5.82 Å². The van der Waals surface area contributed by atoms with E-state index in [1.54, 1.807) is 6.07 Å². The minimum absolute atomic E-state index is 0.0332. The first-order chi connectivity index (χ1) is 8.56. The van der Waals surface area contributed by atoms with Crippen molar-refractivity contribution in [2.45, 2.75) is 6.54 Å². The van der Waals surface area contributed by atoms with E-state index >= 15 is 0 Å². The normalized spacial score (nSPS) is 10.3. The third-order valence-electron chi connectivity index (χ3n) is 2.39. The van der Waals surface area contributed by atoms with E-state index in [2.05, 4.69) is 10.3 Å². The van der Waals surface area contributed by atoms with Crippen LogP contribution in [-0.2, 0) is 6.54 Å². The van der Waals surface area contributed by atoms with E-state index in [9.17, 15) is 9.18 Å². The van der Waals surface area contributed by atoms with Crippen LogP contribution in [0.3, 0.4) is 0 Å². The summed E-state index contributed by atoms with van der Waals surface area (Å²) in [5, 5.41) is 2.70. The summed E-state index contributed by atoms with van der Waals surface area (Å²) in [6.07, 6.45) is 1.53. The number of rotatable bonds is 3. The molecule has 0 aliphatic heterocycles. The number of halogens is 2. The molecule has 1 aromatic heterocycles. The van der Waals surface area contributed by atoms with Gasteiger partial charge in [-0.25, -0.2) is 4.39 Å². The van der Waals surface area contributed by atoms with Gasteiger partial charge >= 0.3 is 0 Å². The highest BCUT2D eigenvalue weighted by Crippen LogP contribution is 2.16. The first kappa shape index (κ1) is 12.4. The van der Waals surface area contributed by atoms with Crippen molar-refractivity contribution in [1.29, 1.82) is 0 Å². The molecule has 0 spiro atoms. The molecule has 0 fully saturated rings. The first-order valence-electron chi connectivity index (χ1n) is 5.22. The number of amides is 1. The lowest BCUT2D eigenvalue weighted by Crippen LogP contribution is -2.23. The van der Waals surface area contributed by atoms with Gasteiger partial charge in [-0.3, -0.25) is 4.79 Å². The number of nitrogens with two attached hydrogens (primary N) is 1. The second-order valence-electron chi connectivity index (χ2n) is 3.78. The maximum atomic E-state index is 12.9. The lowest BCUT2D eigenvalue weighted by molar-refractivity contribution is 0.0946. The predicted octanol–water partition coefficient (Wildman–Crippen LogP) is 2.32. The number of aromatic nitrogens is 1. The smallest absolute Gasteiger partial charge is 0.268 e. The lowest BCUT2D eigenvalue weighted by Gasteiger charge is -2.04. The molecule has 1 aromatic carbocycles. The Kier molecular flexibility index (Phi) is 3.53. The van der Waals surface area contributed by atoms with Gasteiger partial charge in [-0.1, -0.05) is 17.7 Å². The number of H-pyrrole nitrogens is 1. The Morgan fingerprint density at radius 2 is 2.22 bits per heavy atom. The van der Waals surface area contributed by atoms with Crippen LogP contribution < -0.4 is 11.1 Å². The van der Waals surface area contributed by atoms with Crippen LogP contribution in [0.15, 0.2) is 30.5 Å². The van der Waals surface area contributed by atoms with Gasteiger partial charge in [0.1, 0.15) is 11.5 Å². The molecule has 0 saturated heterocycles. The van der Waals surface area contributed by atoms with Crippen LogP contribution in [0.2, 0.25) is 5.02 Å². The summed E-state index contributed by atoms with van der Waals surface area (Å²) in [5.41, 5.74) is 7.07. The molecule has 1 amide bonds. The van der Waals surface area contributed by atoms with Crippen molar-refractivity contribution in [2.24, 2.45) is 0 Å². The van der Waals surface area contributed by atoms with Crippen LogP contribution >= 0.6 is 11.6 Å². The van der Waals surface area contributed by atoms with E-state index in [0.29, 0.717) is 16.9 Å². The summed E-state index contributed by atoms with van der Waals surface area (Å²) in [4.78, 5) is 14.4. The van der Waals surface area contributed by atoms with Crippen LogP contribution in [-0.4, -0.2) is 10.9 Å². The average molecular weight is 268 g/mol. The third-order valence-corrected chi connectivity index (χ3v) is 2.68. The summed E-state index contributed by atoms with van der Waals surface area (Å²) in [6.45, 7) is 0.262. The molecule has 0 saturated carbocycles. The third kappa shape index (κ3) is 2.81. The highest BCUT2D eigenvalue weighted by molar-refractivity contribution is 6.30. The van der Waals surface area contributed by atoms with Crippen molar-refractivity contribution in [2.75, 3.05) is 5.73 Å². The molecule has 1 heterocycles. The van der Waals surface area contributed by atoms with E-state index in [1.807, 2.05) is 0 Å². The van der Waals surface area contributed by atoms with E-state index in [1.165, 1.54) is 24.4 Å². The fourth-order valence-electron chi connectivity index (χ4n) is 1.47. The van der Waals surface area contributed by atoms with Gasteiger partial charge in [0.25, 0.3) is 5.91 Å². The van der Waals surface area contributed by atoms with Gasteiger partial charge in [-0.15, -0.1) is 0 Å². The molecule has 0 atom stereocenters. The molecular formula is C12H11ClFN3O. The summed E-state index contributed by atoms with van der Waals surface area (Å²) >= 11 is 5.64. The second-order valence-corrected chi connectivity index (χ2v) is 4.19. The summed E-state index contributed by atoms with van der Waals surface area (Å²) < 4.78 is 12.9. The van der Waals surface area contributed by atoms with Gasteiger partial charge < -0.3 is 16.0 Å². The number of benzene rings is 1. The number of hydrogen-bond donors (Lipinski definition) is 3. The van der Waals surface area contributed by atoms with Crippen LogP contribution in [0.1, 0.15) is 16.1 Å². The van der Waals surface area contributed by atoms with Crippen LogP contribution in [0.25, 0.3) is 0 Å². The zero-order valence-corrected chi connectivity index (χ0v) is 10.1. The second kappa shape index (κ2) is 5.10. The Morgan fingerprint density at radius 3 is 2.83 bits per heavy atom. The zero-order chi connectivity index (χ0) is 13.1. The van der Waals surface area contributed by atoms with Gasteiger partial charge in [0.2, 0.25) is 0 Å². The monoisotopic (exact) mass is 267 g/mol. The van der Waals surface area contributed by atoms with Crippen molar-refractivity contribution in [3.63, 3.8) is 0 Å². The molecule has 4 N–H and O–H groups in total. The summed E-state index contributed by atoms with van der Waals surface area (Å²) in [6, 6.07) is 5.83. The molecule has 0 aliphatic rings. The SMILES string of the molecule is Nc1c[nH]c(C(=O)NCc2ccc(F)c(Cl)c2)c1. The number of hydrogen-bond acceptors (Lipinski definition) is 2. The van der Waals surface area contributed by atoms with Crippen molar-refractivity contribution in [1.82, 2.24) is 10.3 Å². The zero-order valence-electron chi connectivity index (χ0n) is 9.34. The van der Waals surface area contributed by atoms with Gasteiger partial charge in [0, 0.05) is 18.4 Å². The maximum Gasteiger partial charge on any atom is 0.268 e. The number of aromatic amines is 1. The number of nitrogen functional groups attached to an aromatic ring is 1. The Hall–Kier alpha value is -2.01. The largest absolute Gasteiger partial charge is 0.397 e. The molecule has 4 nitrogen and oxygen atoms in total. The average Bonchev–Trinajstić information content (AvgIpc) is 2.77. The quantitative estimate of drug-likeness (QED) is 0.799. The van der Waals surface area contributed by atoms with Crippen molar-refractivity contribution in [3.05, 3.63) is 52.6 Å². The molecule has 6 heteroatoms. The fraction of sp³-hybridized carbons (Fsp3) is 0.0833. The Balaban J connectivity index is 1.99. The van der Waals surface area contributed by atoms with Crippen LogP contribution in [0.5, 0.6) is 0 Å². The molecular weight excluding hydrogens is 257 g/mol. The maximum absolute atomic E-state index is 12.9. The standard InChI is InChI=1S/C12H11ClFN3O/c13-9-3-7(1-2-10(9)14)5-17-12(18)11-4-8(15)6-16-11/h1-4,6,16H,5,15H2,(H,17,18). The minimum atomic E-state index is -0.483. The molecule has 0 aliphatic carbocycles. The number of carbonyl (C=O) groups is 1. The highest BCUT2D eigenvalue weighted by Gasteiger charge is 2.07. The minimum Gasteiger partial charge on any atom is -0.397 e. The number of nitrogens with one attached hydrogen (secondary N) is 2. The van der Waals surface area contributed by atoms with Crippen molar-refractivity contribution < 1.29 is 9.18 Å². The lowest BCUT2D eigenvalue weighted by atomic mass is 10.2. The van der Waals surface area contributed by atoms with Gasteiger partial charge in [0.05, 0.1) is 5.02 Å². The van der Waals surface area contributed by atoms with Crippen molar-refractivity contribution >= 4 is 23.2 Å². The number of carbonyl (C=O) groups excluding carboxylic acids is 1. The van der Waals surface area contributed by atoms with Gasteiger partial charge in [-0.2, -0.15) is 0 Å². The van der Waals surface area contributed by atoms with E-state index in [-0.39, 0.29) is 17.5 Å². The fourth-order valence-corrected chi connectivity index (χ4v) is 1.67. The molecule has 18 heavy (non-hydrogen) atoms. The predicted molar refractivity (Wildman–Crippen MR) is 67.8 cm³/mol. The van der Waals surface area contributed by atoms with E-state index in [4.69, 9.17) is 17.3 Å². The highest BCUT2D eigenvalue weighted by atomic mass is 35.5.